The maximum atomic E-state index is 13.1. The molecule has 3 heterocycles. The van der Waals surface area contributed by atoms with Gasteiger partial charge in [0.05, 0.1) is 13.2 Å². The zero-order valence-electron chi connectivity index (χ0n) is 15.4. The highest BCUT2D eigenvalue weighted by molar-refractivity contribution is 5.98. The minimum Gasteiger partial charge on any atom is -0.379 e. The number of amides is 2. The van der Waals surface area contributed by atoms with E-state index in [9.17, 15) is 9.59 Å². The Balaban J connectivity index is 1.47. The Morgan fingerprint density at radius 1 is 1.15 bits per heavy atom. The van der Waals surface area contributed by atoms with Gasteiger partial charge in [0.15, 0.2) is 0 Å². The number of hydrogen-bond acceptors (Lipinski definition) is 4. The highest BCUT2D eigenvalue weighted by Crippen LogP contribution is 2.30. The summed E-state index contributed by atoms with van der Waals surface area (Å²) >= 11 is 0. The van der Waals surface area contributed by atoms with Crippen molar-refractivity contribution in [2.75, 3.05) is 50.8 Å². The van der Waals surface area contributed by atoms with E-state index in [2.05, 4.69) is 9.80 Å². The third kappa shape index (κ3) is 3.35. The predicted octanol–water partition coefficient (Wildman–Crippen LogP) is 1.53. The third-order valence-corrected chi connectivity index (χ3v) is 5.81. The number of anilines is 1. The first-order valence-electron chi connectivity index (χ1n) is 9.65. The highest BCUT2D eigenvalue weighted by atomic mass is 16.5. The van der Waals surface area contributed by atoms with Gasteiger partial charge in [-0.15, -0.1) is 0 Å². The van der Waals surface area contributed by atoms with Crippen LogP contribution in [0.1, 0.15) is 35.7 Å². The number of carbonyl (C=O) groups excluding carboxylic acids is 2. The number of likely N-dealkylation sites (tertiary alicyclic amines) is 1. The molecule has 0 aliphatic carbocycles. The molecule has 0 spiro atoms. The van der Waals surface area contributed by atoms with Gasteiger partial charge in [0.2, 0.25) is 5.91 Å². The third-order valence-electron chi connectivity index (χ3n) is 5.81. The molecule has 0 aromatic heterocycles. The molecule has 0 radical (unpaired) electrons. The summed E-state index contributed by atoms with van der Waals surface area (Å²) in [5.74, 6) is 0.192. The Kier molecular flexibility index (Phi) is 4.96. The van der Waals surface area contributed by atoms with Gasteiger partial charge in [0.25, 0.3) is 5.91 Å². The molecule has 3 aliphatic rings. The molecule has 0 N–H and O–H groups in total. The first-order valence-corrected chi connectivity index (χ1v) is 9.65. The van der Waals surface area contributed by atoms with Crippen molar-refractivity contribution in [1.29, 1.82) is 0 Å². The second kappa shape index (κ2) is 7.37. The average molecular weight is 357 g/mol. The molecule has 3 aliphatic heterocycles. The predicted molar refractivity (Wildman–Crippen MR) is 99.5 cm³/mol. The van der Waals surface area contributed by atoms with Crippen LogP contribution >= 0.6 is 0 Å². The summed E-state index contributed by atoms with van der Waals surface area (Å²) in [4.78, 5) is 31.1. The minimum atomic E-state index is 0.0629. The number of nitrogens with zero attached hydrogens (tertiary/aromatic N) is 3. The van der Waals surface area contributed by atoms with Crippen LogP contribution in [0.25, 0.3) is 0 Å². The van der Waals surface area contributed by atoms with E-state index < -0.39 is 0 Å². The molecule has 1 aromatic rings. The molecule has 2 fully saturated rings. The van der Waals surface area contributed by atoms with E-state index in [4.69, 9.17) is 4.74 Å². The normalized spacial score (nSPS) is 23.3. The number of rotatable bonds is 3. The fourth-order valence-corrected chi connectivity index (χ4v) is 4.40. The van der Waals surface area contributed by atoms with Crippen LogP contribution in [0.2, 0.25) is 0 Å². The van der Waals surface area contributed by atoms with Crippen LogP contribution < -0.4 is 4.90 Å². The van der Waals surface area contributed by atoms with E-state index in [0.717, 1.165) is 75.5 Å². The van der Waals surface area contributed by atoms with Gasteiger partial charge in [0.1, 0.15) is 0 Å². The van der Waals surface area contributed by atoms with Crippen molar-refractivity contribution in [1.82, 2.24) is 9.80 Å². The largest absolute Gasteiger partial charge is 0.379 e. The van der Waals surface area contributed by atoms with Crippen LogP contribution in [0.5, 0.6) is 0 Å². The lowest BCUT2D eigenvalue weighted by Gasteiger charge is -2.33. The molecule has 1 aromatic carbocycles. The molecule has 0 bridgehead atoms. The molecule has 26 heavy (non-hydrogen) atoms. The number of hydrogen-bond donors (Lipinski definition) is 0. The molecule has 4 rings (SSSR count). The van der Waals surface area contributed by atoms with Crippen LogP contribution in [0.4, 0.5) is 5.69 Å². The van der Waals surface area contributed by atoms with Gasteiger partial charge in [-0.3, -0.25) is 14.5 Å². The standard InChI is InChI=1S/C20H27N3O3/c1-15(24)22-8-6-16-13-17(4-5-19(16)22)20(25)23-7-2-3-18(23)14-21-9-11-26-12-10-21/h4-5,13,18H,2-3,6-12,14H2,1H3. The average Bonchev–Trinajstić information content (AvgIpc) is 3.28. The van der Waals surface area contributed by atoms with Gasteiger partial charge in [-0.1, -0.05) is 0 Å². The quantitative estimate of drug-likeness (QED) is 0.823. The molecule has 0 saturated carbocycles. The first-order chi connectivity index (χ1) is 12.6. The summed E-state index contributed by atoms with van der Waals surface area (Å²) in [6.45, 7) is 7.58. The highest BCUT2D eigenvalue weighted by Gasteiger charge is 2.32. The molecule has 1 unspecified atom stereocenters. The van der Waals surface area contributed by atoms with E-state index in [0.29, 0.717) is 12.6 Å². The second-order valence-electron chi connectivity index (χ2n) is 7.47. The summed E-state index contributed by atoms with van der Waals surface area (Å²) in [6.07, 6.45) is 2.98. The lowest BCUT2D eigenvalue weighted by atomic mass is 10.1. The van der Waals surface area contributed by atoms with Gasteiger partial charge < -0.3 is 14.5 Å². The SMILES string of the molecule is CC(=O)N1CCc2cc(C(=O)N3CCCC3CN3CCOCC3)ccc21. The summed E-state index contributed by atoms with van der Waals surface area (Å²) in [7, 11) is 0. The molecule has 140 valence electrons. The molecule has 2 amide bonds. The number of fused-ring (bicyclic) bond motifs is 1. The number of carbonyl (C=O) groups is 2. The number of benzene rings is 1. The zero-order valence-corrected chi connectivity index (χ0v) is 15.4. The van der Waals surface area contributed by atoms with Gasteiger partial charge >= 0.3 is 0 Å². The first kappa shape index (κ1) is 17.5. The van der Waals surface area contributed by atoms with Crippen LogP contribution in [-0.4, -0.2) is 73.6 Å². The van der Waals surface area contributed by atoms with Gasteiger partial charge in [-0.2, -0.15) is 0 Å². The molecule has 1 atom stereocenters. The molecular formula is C20H27N3O3. The fourth-order valence-electron chi connectivity index (χ4n) is 4.40. The lowest BCUT2D eigenvalue weighted by Crippen LogP contribution is -2.46. The van der Waals surface area contributed by atoms with Crippen LogP contribution in [-0.2, 0) is 16.0 Å². The van der Waals surface area contributed by atoms with E-state index >= 15 is 0 Å². The monoisotopic (exact) mass is 357 g/mol. The Bertz CT molecular complexity index is 700. The molecule has 2 saturated heterocycles. The van der Waals surface area contributed by atoms with Crippen molar-refractivity contribution in [3.63, 3.8) is 0 Å². The van der Waals surface area contributed by atoms with Gasteiger partial charge in [-0.25, -0.2) is 0 Å². The zero-order chi connectivity index (χ0) is 18.1. The van der Waals surface area contributed by atoms with E-state index in [1.54, 1.807) is 11.8 Å². The molecule has 6 heteroatoms. The van der Waals surface area contributed by atoms with Gasteiger partial charge in [0, 0.05) is 56.9 Å². The number of morpholine rings is 1. The summed E-state index contributed by atoms with van der Waals surface area (Å²) < 4.78 is 5.43. The van der Waals surface area contributed by atoms with Crippen molar-refractivity contribution < 1.29 is 14.3 Å². The van der Waals surface area contributed by atoms with Crippen LogP contribution in [0.3, 0.4) is 0 Å². The van der Waals surface area contributed by atoms with Crippen LogP contribution in [0, 0.1) is 0 Å². The molecule has 6 nitrogen and oxygen atoms in total. The summed E-state index contributed by atoms with van der Waals surface area (Å²) in [5, 5.41) is 0. The minimum absolute atomic E-state index is 0.0629. The Hall–Kier alpha value is -1.92. The van der Waals surface area contributed by atoms with E-state index in [1.165, 1.54) is 0 Å². The second-order valence-corrected chi connectivity index (χ2v) is 7.47. The lowest BCUT2D eigenvalue weighted by molar-refractivity contribution is -0.116. The topological polar surface area (TPSA) is 53.1 Å². The number of ether oxygens (including phenoxy) is 1. The van der Waals surface area contributed by atoms with Crippen molar-refractivity contribution >= 4 is 17.5 Å². The van der Waals surface area contributed by atoms with Crippen molar-refractivity contribution in [2.45, 2.75) is 32.2 Å². The summed E-state index contributed by atoms with van der Waals surface area (Å²) in [6, 6.07) is 6.10. The molecular weight excluding hydrogens is 330 g/mol. The fraction of sp³-hybridized carbons (Fsp3) is 0.600. The van der Waals surface area contributed by atoms with Crippen molar-refractivity contribution in [3.8, 4) is 0 Å². The van der Waals surface area contributed by atoms with Crippen molar-refractivity contribution in [2.24, 2.45) is 0 Å². The Morgan fingerprint density at radius 2 is 1.96 bits per heavy atom. The van der Waals surface area contributed by atoms with Gasteiger partial charge in [-0.05, 0) is 43.0 Å². The van der Waals surface area contributed by atoms with Crippen molar-refractivity contribution in [3.05, 3.63) is 29.3 Å². The Morgan fingerprint density at radius 3 is 2.73 bits per heavy atom. The maximum absolute atomic E-state index is 13.1. The smallest absolute Gasteiger partial charge is 0.254 e. The van der Waals surface area contributed by atoms with Crippen LogP contribution in [0.15, 0.2) is 18.2 Å². The Labute approximate surface area is 154 Å². The maximum Gasteiger partial charge on any atom is 0.254 e. The van der Waals surface area contributed by atoms with E-state index in [1.807, 2.05) is 18.2 Å². The van der Waals surface area contributed by atoms with E-state index in [-0.39, 0.29) is 11.8 Å². The summed E-state index contributed by atoms with van der Waals surface area (Å²) in [5.41, 5.74) is 2.82.